The number of fused-ring (bicyclic) bond motifs is 1. The molecule has 4 heteroatoms. The summed E-state index contributed by atoms with van der Waals surface area (Å²) in [5.41, 5.74) is 4.04. The molecule has 4 rings (SSSR count). The summed E-state index contributed by atoms with van der Waals surface area (Å²) in [5, 5.41) is 0. The molecular weight excluding hydrogens is 424 g/mol. The van der Waals surface area contributed by atoms with E-state index in [9.17, 15) is 14.4 Å². The molecule has 0 N–H and O–H groups in total. The summed E-state index contributed by atoms with van der Waals surface area (Å²) in [6.07, 6.45) is 15.4. The monoisotopic (exact) mass is 460 g/mol. The molecule has 3 aliphatic carbocycles. The molecule has 180 valence electrons. The van der Waals surface area contributed by atoms with Crippen molar-refractivity contribution in [3.63, 3.8) is 0 Å². The van der Waals surface area contributed by atoms with Crippen LogP contribution in [0.25, 0.3) is 5.57 Å². The van der Waals surface area contributed by atoms with Crippen molar-refractivity contribution in [1.82, 2.24) is 0 Å². The van der Waals surface area contributed by atoms with Crippen LogP contribution in [0.4, 0.5) is 0 Å². The summed E-state index contributed by atoms with van der Waals surface area (Å²) < 4.78 is 5.58. The van der Waals surface area contributed by atoms with Gasteiger partial charge in [0.2, 0.25) is 11.6 Å². The van der Waals surface area contributed by atoms with Gasteiger partial charge in [0.25, 0.3) is 0 Å². The van der Waals surface area contributed by atoms with Crippen LogP contribution in [0.15, 0.2) is 42.0 Å². The summed E-state index contributed by atoms with van der Waals surface area (Å²) in [6, 6.07) is 3.67. The third-order valence-electron chi connectivity index (χ3n) is 7.63. The minimum absolute atomic E-state index is 0.0269. The van der Waals surface area contributed by atoms with Gasteiger partial charge in [-0.2, -0.15) is 0 Å². The predicted molar refractivity (Wildman–Crippen MR) is 135 cm³/mol. The molecule has 0 heterocycles. The molecule has 0 bridgehead atoms. The standard InChI is InChI=1S/C30H36O4/c1-18(2)28(31)30(33)24-14-13-23-16-27(34-4)26(17-25(23)24)29(32)22-11-9-21(10-12-22)15-20-7-5-19(3)6-8-20/h5,7-8,14,16-19,21-22H,6,9-13,15H2,1-4H3. The van der Waals surface area contributed by atoms with E-state index in [0.29, 0.717) is 40.7 Å². The molecular formula is C30H36O4. The first-order valence-corrected chi connectivity index (χ1v) is 12.7. The van der Waals surface area contributed by atoms with Crippen LogP contribution >= 0.6 is 0 Å². The fourth-order valence-electron chi connectivity index (χ4n) is 5.44. The van der Waals surface area contributed by atoms with Gasteiger partial charge in [0.15, 0.2) is 5.78 Å². The van der Waals surface area contributed by atoms with E-state index in [1.165, 1.54) is 5.57 Å². The highest BCUT2D eigenvalue weighted by Gasteiger charge is 2.32. The second kappa shape index (κ2) is 10.2. The van der Waals surface area contributed by atoms with Gasteiger partial charge in [-0.15, -0.1) is 0 Å². The third kappa shape index (κ3) is 5.01. The lowest BCUT2D eigenvalue weighted by atomic mass is 9.75. The summed E-state index contributed by atoms with van der Waals surface area (Å²) in [6.45, 7) is 5.71. The van der Waals surface area contributed by atoms with Gasteiger partial charge >= 0.3 is 0 Å². The van der Waals surface area contributed by atoms with Crippen molar-refractivity contribution in [1.29, 1.82) is 0 Å². The molecule has 1 aromatic carbocycles. The average molecular weight is 461 g/mol. The third-order valence-corrected chi connectivity index (χ3v) is 7.63. The smallest absolute Gasteiger partial charge is 0.229 e. The first-order valence-electron chi connectivity index (χ1n) is 12.7. The largest absolute Gasteiger partial charge is 0.496 e. The van der Waals surface area contributed by atoms with Crippen LogP contribution in [0.1, 0.15) is 80.8 Å². The van der Waals surface area contributed by atoms with Crippen LogP contribution in [0.3, 0.4) is 0 Å². The highest BCUT2D eigenvalue weighted by atomic mass is 16.5. The SMILES string of the molecule is COc1cc2c(cc1C(=O)C1CCC(CC3=CCC(C)C=C3)CC1)C(C(=O)C(=O)C(C)C)=CC2. The van der Waals surface area contributed by atoms with Crippen LogP contribution in [0, 0.1) is 23.7 Å². The van der Waals surface area contributed by atoms with Crippen molar-refractivity contribution < 1.29 is 19.1 Å². The van der Waals surface area contributed by atoms with Crippen LogP contribution in [-0.4, -0.2) is 24.5 Å². The number of hydrogen-bond donors (Lipinski definition) is 0. The fourth-order valence-corrected chi connectivity index (χ4v) is 5.44. The Balaban J connectivity index is 1.47. The van der Waals surface area contributed by atoms with E-state index in [0.717, 1.165) is 44.1 Å². The molecule has 0 spiro atoms. The minimum atomic E-state index is -0.460. The Morgan fingerprint density at radius 1 is 1.06 bits per heavy atom. The van der Waals surface area contributed by atoms with Crippen LogP contribution < -0.4 is 4.74 Å². The lowest BCUT2D eigenvalue weighted by Crippen LogP contribution is -2.23. The van der Waals surface area contributed by atoms with E-state index in [4.69, 9.17) is 4.74 Å². The molecule has 1 atom stereocenters. The Morgan fingerprint density at radius 2 is 1.79 bits per heavy atom. The number of ether oxygens (including phenoxy) is 1. The zero-order valence-electron chi connectivity index (χ0n) is 20.9. The van der Waals surface area contributed by atoms with Crippen molar-refractivity contribution in [2.75, 3.05) is 7.11 Å². The van der Waals surface area contributed by atoms with Crippen molar-refractivity contribution in [3.8, 4) is 5.75 Å². The zero-order chi connectivity index (χ0) is 24.4. The lowest BCUT2D eigenvalue weighted by Gasteiger charge is -2.29. The summed E-state index contributed by atoms with van der Waals surface area (Å²) in [4.78, 5) is 38.6. The Labute approximate surface area is 203 Å². The number of benzene rings is 1. The van der Waals surface area contributed by atoms with E-state index >= 15 is 0 Å². The van der Waals surface area contributed by atoms with Gasteiger partial charge in [0.05, 0.1) is 12.7 Å². The molecule has 1 fully saturated rings. The van der Waals surface area contributed by atoms with E-state index in [2.05, 4.69) is 25.2 Å². The predicted octanol–water partition coefficient (Wildman–Crippen LogP) is 6.33. The summed E-state index contributed by atoms with van der Waals surface area (Å²) >= 11 is 0. The maximum atomic E-state index is 13.6. The molecule has 3 aliphatic rings. The molecule has 0 radical (unpaired) electrons. The molecule has 1 aromatic rings. The number of ketones is 3. The van der Waals surface area contributed by atoms with Crippen LogP contribution in [0.2, 0.25) is 0 Å². The molecule has 1 unspecified atom stereocenters. The quantitative estimate of drug-likeness (QED) is 0.336. The van der Waals surface area contributed by atoms with E-state index in [-0.39, 0.29) is 17.6 Å². The van der Waals surface area contributed by atoms with Gasteiger partial charge in [-0.3, -0.25) is 14.4 Å². The van der Waals surface area contributed by atoms with Crippen molar-refractivity contribution >= 4 is 22.9 Å². The number of carbonyl (C=O) groups is 3. The lowest BCUT2D eigenvalue weighted by molar-refractivity contribution is -0.135. The Morgan fingerprint density at radius 3 is 2.41 bits per heavy atom. The Bertz CT molecular complexity index is 1080. The van der Waals surface area contributed by atoms with Crippen LogP contribution in [-0.2, 0) is 16.0 Å². The molecule has 0 aromatic heterocycles. The number of rotatable bonds is 8. The maximum absolute atomic E-state index is 13.6. The second-order valence-electron chi connectivity index (χ2n) is 10.5. The van der Waals surface area contributed by atoms with Crippen molar-refractivity contribution in [2.45, 2.75) is 65.7 Å². The first-order chi connectivity index (χ1) is 16.3. The summed E-state index contributed by atoms with van der Waals surface area (Å²) in [7, 11) is 1.58. The normalized spacial score (nSPS) is 23.9. The van der Waals surface area contributed by atoms with E-state index in [1.54, 1.807) is 33.1 Å². The number of Topliss-reactive ketones (excluding diaryl/α,β-unsaturated/α-hetero) is 3. The molecule has 34 heavy (non-hydrogen) atoms. The minimum Gasteiger partial charge on any atom is -0.496 e. The average Bonchev–Trinajstić information content (AvgIpc) is 3.26. The second-order valence-corrected chi connectivity index (χ2v) is 10.5. The number of methoxy groups -OCH3 is 1. The fraction of sp³-hybridized carbons (Fsp3) is 0.500. The molecule has 1 saturated carbocycles. The van der Waals surface area contributed by atoms with Gasteiger partial charge in [0, 0.05) is 17.4 Å². The van der Waals surface area contributed by atoms with Gasteiger partial charge in [-0.25, -0.2) is 0 Å². The van der Waals surface area contributed by atoms with Crippen molar-refractivity contribution in [3.05, 3.63) is 58.7 Å². The van der Waals surface area contributed by atoms with E-state index < -0.39 is 11.6 Å². The first kappa shape index (κ1) is 24.4. The van der Waals surface area contributed by atoms with Gasteiger partial charge in [0.1, 0.15) is 5.75 Å². The Hall–Kier alpha value is -2.75. The number of carbonyl (C=O) groups excluding carboxylic acids is 3. The molecule has 4 nitrogen and oxygen atoms in total. The van der Waals surface area contributed by atoms with E-state index in [1.807, 2.05) is 6.07 Å². The van der Waals surface area contributed by atoms with Gasteiger partial charge in [-0.1, -0.05) is 50.6 Å². The highest BCUT2D eigenvalue weighted by Crippen LogP contribution is 2.39. The molecule has 0 aliphatic heterocycles. The van der Waals surface area contributed by atoms with Gasteiger partial charge in [-0.05, 0) is 80.0 Å². The van der Waals surface area contributed by atoms with Crippen LogP contribution in [0.5, 0.6) is 5.75 Å². The number of allylic oxidation sites excluding steroid dienone is 6. The van der Waals surface area contributed by atoms with Gasteiger partial charge < -0.3 is 4.74 Å². The maximum Gasteiger partial charge on any atom is 0.229 e. The molecule has 0 saturated heterocycles. The zero-order valence-corrected chi connectivity index (χ0v) is 20.9. The highest BCUT2D eigenvalue weighted by molar-refractivity contribution is 6.54. The Kier molecular flexibility index (Phi) is 7.35. The summed E-state index contributed by atoms with van der Waals surface area (Å²) in [5.74, 6) is 0.693. The van der Waals surface area contributed by atoms with Crippen molar-refractivity contribution in [2.24, 2.45) is 23.7 Å². The molecule has 0 amide bonds. The topological polar surface area (TPSA) is 60.4 Å². The number of hydrogen-bond acceptors (Lipinski definition) is 4.